The third-order valence-corrected chi connectivity index (χ3v) is 3.22. The van der Waals surface area contributed by atoms with E-state index in [1.54, 1.807) is 5.57 Å². The van der Waals surface area contributed by atoms with Crippen molar-refractivity contribution in [2.24, 2.45) is 11.3 Å². The van der Waals surface area contributed by atoms with Crippen molar-refractivity contribution < 1.29 is 0 Å². The molecule has 0 bridgehead atoms. The van der Waals surface area contributed by atoms with Gasteiger partial charge in [-0.1, -0.05) is 59.6 Å². The number of rotatable bonds is 1. The predicted molar refractivity (Wildman–Crippen MR) is 71.1 cm³/mol. The first kappa shape index (κ1) is 14.7. The molecule has 90 valence electrons. The van der Waals surface area contributed by atoms with Gasteiger partial charge < -0.3 is 0 Å². The average molecular weight is 210 g/mol. The highest BCUT2D eigenvalue weighted by molar-refractivity contribution is 5.05. The second-order valence-electron chi connectivity index (χ2n) is 6.02. The van der Waals surface area contributed by atoms with Gasteiger partial charge in [-0.05, 0) is 37.0 Å². The molecule has 0 spiro atoms. The Kier molecular flexibility index (Phi) is 6.96. The quantitative estimate of drug-likeness (QED) is 0.495. The third kappa shape index (κ3) is 8.72. The highest BCUT2D eigenvalue weighted by Crippen LogP contribution is 2.24. The molecule has 0 heterocycles. The van der Waals surface area contributed by atoms with E-state index in [0.717, 1.165) is 5.92 Å². The highest BCUT2D eigenvalue weighted by Gasteiger charge is 2.08. The molecule has 0 aromatic rings. The maximum absolute atomic E-state index is 2.42. The van der Waals surface area contributed by atoms with Crippen LogP contribution in [0.4, 0.5) is 0 Å². The van der Waals surface area contributed by atoms with E-state index in [1.807, 2.05) is 0 Å². The van der Waals surface area contributed by atoms with Gasteiger partial charge in [0.15, 0.2) is 0 Å². The number of hydrogen-bond acceptors (Lipinski definition) is 0. The van der Waals surface area contributed by atoms with Gasteiger partial charge in [0, 0.05) is 0 Å². The summed E-state index contributed by atoms with van der Waals surface area (Å²) in [5.74, 6) is 0.949. The van der Waals surface area contributed by atoms with E-state index in [4.69, 9.17) is 0 Å². The summed E-state index contributed by atoms with van der Waals surface area (Å²) in [5, 5.41) is 0. The van der Waals surface area contributed by atoms with E-state index in [0.29, 0.717) is 5.41 Å². The Balaban J connectivity index is 0.000000288. The van der Waals surface area contributed by atoms with Crippen molar-refractivity contribution in [2.75, 3.05) is 0 Å². The Bertz CT molecular complexity index is 181. The first-order chi connectivity index (χ1) is 6.89. The lowest BCUT2D eigenvalue weighted by Crippen LogP contribution is -2.01. The first-order valence-corrected chi connectivity index (χ1v) is 6.57. The molecule has 0 saturated carbocycles. The number of hydrogen-bond donors (Lipinski definition) is 0. The monoisotopic (exact) mass is 210 g/mol. The zero-order valence-electron chi connectivity index (χ0n) is 11.7. The topological polar surface area (TPSA) is 0 Å². The van der Waals surface area contributed by atoms with Crippen LogP contribution >= 0.6 is 0 Å². The Morgan fingerprint density at radius 2 is 1.80 bits per heavy atom. The molecule has 0 aromatic heterocycles. The van der Waals surface area contributed by atoms with Crippen molar-refractivity contribution in [1.82, 2.24) is 0 Å². The third-order valence-electron chi connectivity index (χ3n) is 3.22. The fourth-order valence-electron chi connectivity index (χ4n) is 1.49. The summed E-state index contributed by atoms with van der Waals surface area (Å²) in [6.07, 6.45) is 9.04. The van der Waals surface area contributed by atoms with E-state index >= 15 is 0 Å². The Morgan fingerprint density at radius 1 is 1.27 bits per heavy atom. The summed E-state index contributed by atoms with van der Waals surface area (Å²) in [6.45, 7) is 13.5. The van der Waals surface area contributed by atoms with Crippen molar-refractivity contribution in [1.29, 1.82) is 0 Å². The van der Waals surface area contributed by atoms with Gasteiger partial charge in [0.05, 0.1) is 0 Å². The van der Waals surface area contributed by atoms with Crippen LogP contribution in [0.1, 0.15) is 73.6 Å². The van der Waals surface area contributed by atoms with Crippen LogP contribution in [0.15, 0.2) is 11.6 Å². The van der Waals surface area contributed by atoms with Crippen molar-refractivity contribution in [2.45, 2.75) is 73.6 Å². The summed E-state index contributed by atoms with van der Waals surface area (Å²) in [6, 6.07) is 0. The van der Waals surface area contributed by atoms with Crippen LogP contribution in [0.5, 0.6) is 0 Å². The first-order valence-electron chi connectivity index (χ1n) is 6.57. The second kappa shape index (κ2) is 7.09. The van der Waals surface area contributed by atoms with Crippen LogP contribution < -0.4 is 0 Å². The lowest BCUT2D eigenvalue weighted by atomic mass is 9.89. The van der Waals surface area contributed by atoms with Crippen molar-refractivity contribution in [3.8, 4) is 0 Å². The van der Waals surface area contributed by atoms with Gasteiger partial charge in [-0.25, -0.2) is 0 Å². The molecule has 0 aliphatic heterocycles. The minimum absolute atomic E-state index is 0.542. The minimum atomic E-state index is 0.542. The molecule has 0 fully saturated rings. The van der Waals surface area contributed by atoms with Crippen LogP contribution in [0.3, 0.4) is 0 Å². The lowest BCUT2D eigenvalue weighted by molar-refractivity contribution is 0.398. The largest absolute Gasteiger partial charge is 0.0853 e. The minimum Gasteiger partial charge on any atom is -0.0853 e. The molecule has 0 saturated heterocycles. The Labute approximate surface area is 97.2 Å². The van der Waals surface area contributed by atoms with Crippen LogP contribution in [-0.2, 0) is 0 Å². The van der Waals surface area contributed by atoms with Gasteiger partial charge in [-0.3, -0.25) is 0 Å². The van der Waals surface area contributed by atoms with E-state index in [2.05, 4.69) is 47.6 Å². The van der Waals surface area contributed by atoms with Gasteiger partial charge in [0.25, 0.3) is 0 Å². The summed E-state index contributed by atoms with van der Waals surface area (Å²) in [4.78, 5) is 0. The Morgan fingerprint density at radius 3 is 2.07 bits per heavy atom. The molecule has 1 aliphatic rings. The van der Waals surface area contributed by atoms with Gasteiger partial charge in [0.2, 0.25) is 0 Å². The number of allylic oxidation sites excluding steroid dienone is 2. The molecule has 0 N–H and O–H groups in total. The molecular formula is C15H30. The summed E-state index contributed by atoms with van der Waals surface area (Å²) >= 11 is 0. The van der Waals surface area contributed by atoms with Gasteiger partial charge in [-0.2, -0.15) is 0 Å². The summed E-state index contributed by atoms with van der Waals surface area (Å²) in [7, 11) is 0. The van der Waals surface area contributed by atoms with E-state index in [9.17, 15) is 0 Å². The van der Waals surface area contributed by atoms with Gasteiger partial charge in [0.1, 0.15) is 0 Å². The molecule has 0 amide bonds. The Hall–Kier alpha value is -0.260. The van der Waals surface area contributed by atoms with Gasteiger partial charge >= 0.3 is 0 Å². The molecule has 15 heavy (non-hydrogen) atoms. The average Bonchev–Trinajstić information content (AvgIpc) is 2.18. The summed E-state index contributed by atoms with van der Waals surface area (Å²) in [5.41, 5.74) is 2.22. The normalized spacial score (nSPS) is 21.5. The van der Waals surface area contributed by atoms with Crippen molar-refractivity contribution >= 4 is 0 Å². The molecule has 0 radical (unpaired) electrons. The molecular weight excluding hydrogens is 180 g/mol. The SMILES string of the molecule is CCC(C)(C)C.CCC1=CCCC(C)C1. The van der Waals surface area contributed by atoms with E-state index in [-0.39, 0.29) is 0 Å². The molecule has 1 aliphatic carbocycles. The van der Waals surface area contributed by atoms with Crippen LogP contribution in [0.2, 0.25) is 0 Å². The molecule has 0 heteroatoms. The van der Waals surface area contributed by atoms with Crippen LogP contribution in [0, 0.1) is 11.3 Å². The zero-order valence-corrected chi connectivity index (χ0v) is 11.7. The standard InChI is InChI=1S/C9H16.C6H14/c1-3-9-6-4-5-8(2)7-9;1-5-6(2,3)4/h6,8H,3-5,7H2,1-2H3;5H2,1-4H3. The molecule has 1 atom stereocenters. The molecule has 1 rings (SSSR count). The predicted octanol–water partition coefficient (Wildman–Crippen LogP) is 5.59. The fourth-order valence-corrected chi connectivity index (χ4v) is 1.49. The second-order valence-corrected chi connectivity index (χ2v) is 6.02. The maximum atomic E-state index is 2.42. The van der Waals surface area contributed by atoms with Gasteiger partial charge in [-0.15, -0.1) is 0 Å². The van der Waals surface area contributed by atoms with Crippen LogP contribution in [-0.4, -0.2) is 0 Å². The molecule has 0 aromatic carbocycles. The van der Waals surface area contributed by atoms with Crippen molar-refractivity contribution in [3.63, 3.8) is 0 Å². The molecule has 1 unspecified atom stereocenters. The van der Waals surface area contributed by atoms with E-state index in [1.165, 1.54) is 32.1 Å². The smallest absolute Gasteiger partial charge is 0.0294 e. The molecule has 0 nitrogen and oxygen atoms in total. The lowest BCUT2D eigenvalue weighted by Gasteiger charge is -2.17. The van der Waals surface area contributed by atoms with Crippen molar-refractivity contribution in [3.05, 3.63) is 11.6 Å². The summed E-state index contributed by atoms with van der Waals surface area (Å²) < 4.78 is 0. The van der Waals surface area contributed by atoms with Crippen LogP contribution in [0.25, 0.3) is 0 Å². The zero-order chi connectivity index (χ0) is 11.9. The maximum Gasteiger partial charge on any atom is -0.0294 e. The highest BCUT2D eigenvalue weighted by atomic mass is 14.1. The van der Waals surface area contributed by atoms with E-state index < -0.39 is 0 Å². The fraction of sp³-hybridized carbons (Fsp3) is 0.867.